The summed E-state index contributed by atoms with van der Waals surface area (Å²) in [5.41, 5.74) is 16.1. The normalized spacial score (nSPS) is 11.0. The molecule has 0 bridgehead atoms. The number of rotatable bonds is 4. The Morgan fingerprint density at radius 1 is 1.22 bits per heavy atom. The molecule has 9 nitrogen and oxygen atoms in total. The van der Waals surface area contributed by atoms with E-state index in [4.69, 9.17) is 17.2 Å². The maximum absolute atomic E-state index is 11.1. The summed E-state index contributed by atoms with van der Waals surface area (Å²) in [6.45, 7) is 0. The van der Waals surface area contributed by atoms with Gasteiger partial charge in [0.05, 0.1) is 10.6 Å². The SMILES string of the molecule is NC(N)=NC(N)=Nc1cc(Sc2ccccn2)cc([N+](=O)[O-])c1. The first-order chi connectivity index (χ1) is 10.9. The van der Waals surface area contributed by atoms with Crippen LogP contribution in [-0.2, 0) is 0 Å². The van der Waals surface area contributed by atoms with Gasteiger partial charge < -0.3 is 17.2 Å². The van der Waals surface area contributed by atoms with Crippen LogP contribution in [0.5, 0.6) is 0 Å². The quantitative estimate of drug-likeness (QED) is 0.330. The molecule has 0 aliphatic rings. The first kappa shape index (κ1) is 16.2. The van der Waals surface area contributed by atoms with Gasteiger partial charge in [0.1, 0.15) is 5.03 Å². The zero-order valence-corrected chi connectivity index (χ0v) is 12.6. The van der Waals surface area contributed by atoms with Gasteiger partial charge >= 0.3 is 0 Å². The first-order valence-electron chi connectivity index (χ1n) is 6.26. The molecule has 0 atom stereocenters. The van der Waals surface area contributed by atoms with Crippen molar-refractivity contribution < 1.29 is 4.92 Å². The van der Waals surface area contributed by atoms with Crippen LogP contribution in [0.3, 0.4) is 0 Å². The largest absolute Gasteiger partial charge is 0.370 e. The lowest BCUT2D eigenvalue weighted by Crippen LogP contribution is -2.26. The Morgan fingerprint density at radius 2 is 2.00 bits per heavy atom. The second-order valence-electron chi connectivity index (χ2n) is 4.22. The minimum absolute atomic E-state index is 0.123. The molecule has 10 heteroatoms. The van der Waals surface area contributed by atoms with Gasteiger partial charge in [-0.05, 0) is 18.2 Å². The van der Waals surface area contributed by atoms with Gasteiger partial charge in [-0.2, -0.15) is 4.99 Å². The summed E-state index contributed by atoms with van der Waals surface area (Å²) in [5.74, 6) is -0.445. The van der Waals surface area contributed by atoms with Crippen LogP contribution < -0.4 is 17.2 Å². The van der Waals surface area contributed by atoms with E-state index in [0.29, 0.717) is 9.92 Å². The molecule has 1 aromatic heterocycles. The molecule has 0 fully saturated rings. The molecule has 23 heavy (non-hydrogen) atoms. The Balaban J connectivity index is 2.40. The highest BCUT2D eigenvalue weighted by atomic mass is 32.2. The van der Waals surface area contributed by atoms with E-state index in [2.05, 4.69) is 15.0 Å². The van der Waals surface area contributed by atoms with Crippen LogP contribution in [-0.4, -0.2) is 21.8 Å². The summed E-state index contributed by atoms with van der Waals surface area (Å²) >= 11 is 1.26. The predicted molar refractivity (Wildman–Crippen MR) is 88.5 cm³/mol. The number of nitrogens with two attached hydrogens (primary N) is 3. The minimum Gasteiger partial charge on any atom is -0.370 e. The third-order valence-electron chi connectivity index (χ3n) is 2.43. The fourth-order valence-corrected chi connectivity index (χ4v) is 2.48. The van der Waals surface area contributed by atoms with E-state index in [1.807, 2.05) is 6.07 Å². The molecule has 0 saturated heterocycles. The van der Waals surface area contributed by atoms with Crippen LogP contribution in [0.2, 0.25) is 0 Å². The number of non-ortho nitro benzene ring substituents is 1. The number of hydrogen-bond donors (Lipinski definition) is 3. The Hall–Kier alpha value is -3.14. The second kappa shape index (κ2) is 7.22. The van der Waals surface area contributed by atoms with Crippen LogP contribution in [0.4, 0.5) is 11.4 Å². The van der Waals surface area contributed by atoms with Gasteiger partial charge in [0.25, 0.3) is 5.69 Å². The van der Waals surface area contributed by atoms with E-state index in [1.54, 1.807) is 24.4 Å². The molecule has 0 spiro atoms. The summed E-state index contributed by atoms with van der Waals surface area (Å²) in [6, 6.07) is 9.72. The molecule has 6 N–H and O–H groups in total. The van der Waals surface area contributed by atoms with E-state index in [-0.39, 0.29) is 23.3 Å². The second-order valence-corrected chi connectivity index (χ2v) is 5.31. The minimum atomic E-state index is -0.516. The van der Waals surface area contributed by atoms with Gasteiger partial charge in [-0.15, -0.1) is 0 Å². The van der Waals surface area contributed by atoms with Crippen LogP contribution in [0.15, 0.2) is 62.5 Å². The fraction of sp³-hybridized carbons (Fsp3) is 0. The van der Waals surface area contributed by atoms with E-state index in [9.17, 15) is 10.1 Å². The Labute approximate surface area is 135 Å². The highest BCUT2D eigenvalue weighted by Gasteiger charge is 2.11. The first-order valence-corrected chi connectivity index (χ1v) is 7.08. The van der Waals surface area contributed by atoms with Gasteiger partial charge in [-0.1, -0.05) is 17.8 Å². The van der Waals surface area contributed by atoms with Gasteiger partial charge in [0, 0.05) is 23.2 Å². The number of guanidine groups is 2. The van der Waals surface area contributed by atoms with Gasteiger partial charge in [-0.3, -0.25) is 10.1 Å². The van der Waals surface area contributed by atoms with Crippen LogP contribution in [0, 0.1) is 10.1 Å². The molecular weight excluding hydrogens is 318 g/mol. The van der Waals surface area contributed by atoms with Crippen LogP contribution in [0.25, 0.3) is 0 Å². The molecule has 0 saturated carbocycles. The van der Waals surface area contributed by atoms with E-state index in [1.165, 1.54) is 23.9 Å². The maximum Gasteiger partial charge on any atom is 0.272 e. The molecule has 1 heterocycles. The van der Waals surface area contributed by atoms with Gasteiger partial charge in [0.15, 0.2) is 5.96 Å². The van der Waals surface area contributed by atoms with Gasteiger partial charge in [0.2, 0.25) is 5.96 Å². The third-order valence-corrected chi connectivity index (χ3v) is 3.36. The summed E-state index contributed by atoms with van der Waals surface area (Å²) in [6.07, 6.45) is 1.63. The Kier molecular flexibility index (Phi) is 5.10. The van der Waals surface area contributed by atoms with Crippen molar-refractivity contribution in [2.75, 3.05) is 0 Å². The molecular formula is C13H13N7O2S. The highest BCUT2D eigenvalue weighted by Crippen LogP contribution is 2.32. The number of nitro benzene ring substituents is 1. The van der Waals surface area contributed by atoms with Crippen molar-refractivity contribution in [1.82, 2.24) is 4.98 Å². The summed E-state index contributed by atoms with van der Waals surface area (Å²) < 4.78 is 0. The lowest BCUT2D eigenvalue weighted by atomic mass is 10.3. The molecule has 0 aliphatic carbocycles. The van der Waals surface area contributed by atoms with Crippen LogP contribution in [0.1, 0.15) is 0 Å². The van der Waals surface area contributed by atoms with E-state index in [0.717, 1.165) is 0 Å². The summed E-state index contributed by atoms with van der Waals surface area (Å²) in [5, 5.41) is 11.7. The standard InChI is InChI=1S/C13H13N7O2S/c14-12(15)19-13(16)18-8-5-9(20(21)22)7-10(6-8)23-11-3-1-2-4-17-11/h1-7H,(H6,14,15,16,18,19). The number of hydrogen-bond acceptors (Lipinski definition) is 5. The summed E-state index contributed by atoms with van der Waals surface area (Å²) in [7, 11) is 0. The van der Waals surface area contributed by atoms with Crippen LogP contribution >= 0.6 is 11.8 Å². The lowest BCUT2D eigenvalue weighted by Gasteiger charge is -2.03. The van der Waals surface area contributed by atoms with Crippen molar-refractivity contribution in [2.45, 2.75) is 9.92 Å². The predicted octanol–water partition coefficient (Wildman–Crippen LogP) is 1.36. The average Bonchev–Trinajstić information content (AvgIpc) is 2.47. The van der Waals surface area contributed by atoms with Gasteiger partial charge in [-0.25, -0.2) is 9.98 Å². The topological polar surface area (TPSA) is 159 Å². The number of benzene rings is 1. The average molecular weight is 331 g/mol. The fourth-order valence-electron chi connectivity index (χ4n) is 1.61. The Bertz CT molecular complexity index is 773. The van der Waals surface area contributed by atoms with Crippen molar-refractivity contribution in [3.05, 3.63) is 52.7 Å². The number of aliphatic imine (C=N–C) groups is 2. The molecule has 1 aromatic carbocycles. The van der Waals surface area contributed by atoms with Crippen molar-refractivity contribution in [2.24, 2.45) is 27.2 Å². The number of nitrogens with zero attached hydrogens (tertiary/aromatic N) is 4. The molecule has 2 rings (SSSR count). The zero-order valence-electron chi connectivity index (χ0n) is 11.8. The Morgan fingerprint density at radius 3 is 2.61 bits per heavy atom. The number of aromatic nitrogens is 1. The molecule has 0 unspecified atom stereocenters. The van der Waals surface area contributed by atoms with E-state index >= 15 is 0 Å². The molecule has 2 aromatic rings. The van der Waals surface area contributed by atoms with E-state index < -0.39 is 4.92 Å². The summed E-state index contributed by atoms with van der Waals surface area (Å²) in [4.78, 5) is 22.8. The number of nitro groups is 1. The van der Waals surface area contributed by atoms with Crippen molar-refractivity contribution in [1.29, 1.82) is 0 Å². The van der Waals surface area contributed by atoms with Crippen molar-refractivity contribution in [3.63, 3.8) is 0 Å². The molecule has 0 radical (unpaired) electrons. The highest BCUT2D eigenvalue weighted by molar-refractivity contribution is 7.99. The molecule has 118 valence electrons. The lowest BCUT2D eigenvalue weighted by molar-refractivity contribution is -0.385. The maximum atomic E-state index is 11.1. The number of pyridine rings is 1. The molecule has 0 amide bonds. The zero-order chi connectivity index (χ0) is 16.8. The monoisotopic (exact) mass is 331 g/mol. The molecule has 0 aliphatic heterocycles. The third kappa shape index (κ3) is 4.97. The smallest absolute Gasteiger partial charge is 0.272 e. The van der Waals surface area contributed by atoms with Crippen molar-refractivity contribution >= 4 is 35.1 Å². The van der Waals surface area contributed by atoms with Crippen molar-refractivity contribution in [3.8, 4) is 0 Å².